The molecule has 0 heterocycles. The van der Waals surface area contributed by atoms with Gasteiger partial charge in [0, 0.05) is 17.2 Å². The van der Waals surface area contributed by atoms with Crippen LogP contribution in [0.15, 0.2) is 0 Å². The minimum Gasteiger partial charge on any atom is -0.323 e. The van der Waals surface area contributed by atoms with Gasteiger partial charge in [0.25, 0.3) is 0 Å². The second-order valence-corrected chi connectivity index (χ2v) is 4.94. The predicted octanol–water partition coefficient (Wildman–Crippen LogP) is 1.79. The molecule has 64 valence electrons. The Hall–Kier alpha value is -0.370. The zero-order valence-corrected chi connectivity index (χ0v) is 7.86. The van der Waals surface area contributed by atoms with Crippen molar-refractivity contribution in [3.8, 4) is 0 Å². The molecule has 3 N–H and O–H groups in total. The fourth-order valence-electron chi connectivity index (χ4n) is 2.16. The molecule has 1 atom stereocenters. The van der Waals surface area contributed by atoms with Crippen molar-refractivity contribution in [2.45, 2.75) is 40.2 Å². The smallest absolute Gasteiger partial charge is 0.0480 e. The molecule has 0 bridgehead atoms. The van der Waals surface area contributed by atoms with E-state index in [1.807, 2.05) is 0 Å². The van der Waals surface area contributed by atoms with Crippen molar-refractivity contribution in [1.82, 2.24) is 0 Å². The molecule has 0 saturated heterocycles. The molecular formula is C9H18N2. The molecule has 1 unspecified atom stereocenters. The zero-order valence-electron chi connectivity index (χ0n) is 7.86. The van der Waals surface area contributed by atoms with Crippen LogP contribution in [-0.4, -0.2) is 11.8 Å². The van der Waals surface area contributed by atoms with Gasteiger partial charge in [0.1, 0.15) is 0 Å². The van der Waals surface area contributed by atoms with E-state index in [-0.39, 0.29) is 16.9 Å². The summed E-state index contributed by atoms with van der Waals surface area (Å²) in [6.07, 6.45) is 1.03. The van der Waals surface area contributed by atoms with Crippen molar-refractivity contribution in [2.75, 3.05) is 0 Å². The van der Waals surface area contributed by atoms with E-state index in [1.54, 1.807) is 0 Å². The van der Waals surface area contributed by atoms with Crippen molar-refractivity contribution in [3.05, 3.63) is 0 Å². The lowest BCUT2D eigenvalue weighted by Gasteiger charge is -2.22. The second kappa shape index (κ2) is 2.07. The van der Waals surface area contributed by atoms with Gasteiger partial charge in [0.2, 0.25) is 0 Å². The molecule has 1 aliphatic carbocycles. The van der Waals surface area contributed by atoms with Crippen molar-refractivity contribution in [3.63, 3.8) is 0 Å². The first-order valence-electron chi connectivity index (χ1n) is 4.12. The van der Waals surface area contributed by atoms with Gasteiger partial charge >= 0.3 is 0 Å². The van der Waals surface area contributed by atoms with Gasteiger partial charge in [-0.15, -0.1) is 0 Å². The first-order valence-corrected chi connectivity index (χ1v) is 4.12. The Labute approximate surface area is 68.7 Å². The van der Waals surface area contributed by atoms with Crippen LogP contribution in [0.25, 0.3) is 0 Å². The van der Waals surface area contributed by atoms with Crippen LogP contribution in [0, 0.1) is 16.2 Å². The van der Waals surface area contributed by atoms with Gasteiger partial charge in [0.15, 0.2) is 0 Å². The molecule has 1 fully saturated rings. The van der Waals surface area contributed by atoms with E-state index in [0.29, 0.717) is 5.71 Å². The van der Waals surface area contributed by atoms with Gasteiger partial charge in [-0.25, -0.2) is 0 Å². The summed E-state index contributed by atoms with van der Waals surface area (Å²) in [6.45, 7) is 8.48. The van der Waals surface area contributed by atoms with Gasteiger partial charge in [-0.2, -0.15) is 0 Å². The van der Waals surface area contributed by atoms with E-state index in [1.165, 1.54) is 0 Å². The topological polar surface area (TPSA) is 49.9 Å². The Bertz CT molecular complexity index is 192. The number of rotatable bonds is 0. The van der Waals surface area contributed by atoms with Crippen LogP contribution in [0.3, 0.4) is 0 Å². The average Bonchev–Trinajstić information content (AvgIpc) is 1.91. The average molecular weight is 154 g/mol. The maximum Gasteiger partial charge on any atom is 0.0480 e. The highest BCUT2D eigenvalue weighted by molar-refractivity contribution is 5.94. The summed E-state index contributed by atoms with van der Waals surface area (Å²) in [7, 11) is 0. The molecular weight excluding hydrogens is 136 g/mol. The molecule has 0 amide bonds. The molecule has 1 saturated carbocycles. The number of nitrogens with one attached hydrogen (secondary N) is 1. The van der Waals surface area contributed by atoms with Crippen molar-refractivity contribution in [2.24, 2.45) is 16.6 Å². The summed E-state index contributed by atoms with van der Waals surface area (Å²) in [5.74, 6) is 0. The summed E-state index contributed by atoms with van der Waals surface area (Å²) >= 11 is 0. The monoisotopic (exact) mass is 154 g/mol. The minimum atomic E-state index is -0.0440. The maximum atomic E-state index is 7.79. The number of hydrogen-bond donors (Lipinski definition) is 2. The molecule has 11 heavy (non-hydrogen) atoms. The first-order chi connectivity index (χ1) is 4.77. The minimum absolute atomic E-state index is 0.0168. The third-order valence-electron chi connectivity index (χ3n) is 2.78. The van der Waals surface area contributed by atoms with E-state index >= 15 is 0 Å². The van der Waals surface area contributed by atoms with E-state index in [0.717, 1.165) is 6.42 Å². The van der Waals surface area contributed by atoms with Crippen molar-refractivity contribution in [1.29, 1.82) is 5.41 Å². The third kappa shape index (κ3) is 1.20. The Morgan fingerprint density at radius 2 is 1.82 bits per heavy atom. The van der Waals surface area contributed by atoms with Crippen LogP contribution in [0.4, 0.5) is 0 Å². The lowest BCUT2D eigenvalue weighted by Crippen LogP contribution is -2.38. The predicted molar refractivity (Wildman–Crippen MR) is 47.9 cm³/mol. The van der Waals surface area contributed by atoms with Gasteiger partial charge in [-0.1, -0.05) is 27.7 Å². The summed E-state index contributed by atoms with van der Waals surface area (Å²) in [5, 5.41) is 7.79. The summed E-state index contributed by atoms with van der Waals surface area (Å²) < 4.78 is 0. The molecule has 1 rings (SSSR count). The first kappa shape index (κ1) is 8.72. The van der Waals surface area contributed by atoms with Gasteiger partial charge in [-0.3, -0.25) is 0 Å². The maximum absolute atomic E-state index is 7.79. The third-order valence-corrected chi connectivity index (χ3v) is 2.78. The Kier molecular flexibility index (Phi) is 1.64. The molecule has 0 aromatic rings. The fourth-order valence-corrected chi connectivity index (χ4v) is 2.16. The van der Waals surface area contributed by atoms with Crippen LogP contribution in [0.5, 0.6) is 0 Å². The van der Waals surface area contributed by atoms with Crippen LogP contribution >= 0.6 is 0 Å². The molecule has 0 aliphatic heterocycles. The molecule has 0 aromatic heterocycles. The quantitative estimate of drug-likeness (QED) is 0.549. The Morgan fingerprint density at radius 3 is 1.91 bits per heavy atom. The van der Waals surface area contributed by atoms with Gasteiger partial charge in [-0.05, 0) is 11.8 Å². The molecule has 0 spiro atoms. The molecule has 2 heteroatoms. The van der Waals surface area contributed by atoms with Crippen LogP contribution in [-0.2, 0) is 0 Å². The van der Waals surface area contributed by atoms with Crippen molar-refractivity contribution < 1.29 is 0 Å². The summed E-state index contributed by atoms with van der Waals surface area (Å²) in [5.41, 5.74) is 6.75. The second-order valence-electron chi connectivity index (χ2n) is 4.94. The van der Waals surface area contributed by atoms with E-state index in [2.05, 4.69) is 27.7 Å². The summed E-state index contributed by atoms with van der Waals surface area (Å²) in [6, 6.07) is -0.0440. The number of nitrogens with two attached hydrogens (primary N) is 1. The van der Waals surface area contributed by atoms with Crippen LogP contribution < -0.4 is 5.73 Å². The molecule has 1 aliphatic rings. The number of hydrogen-bond acceptors (Lipinski definition) is 2. The Balaban J connectivity index is 2.96. The fraction of sp³-hybridized carbons (Fsp3) is 0.889. The zero-order chi connectivity index (χ0) is 8.86. The van der Waals surface area contributed by atoms with Crippen LogP contribution in [0.1, 0.15) is 34.1 Å². The highest BCUT2D eigenvalue weighted by atomic mass is 14.8. The highest BCUT2D eigenvalue weighted by Crippen LogP contribution is 2.45. The Morgan fingerprint density at radius 1 is 1.36 bits per heavy atom. The normalized spacial score (nSPS) is 34.3. The standard InChI is InChI=1S/C9H18N2/c1-8(2)5-9(3,4)7(11)6(8)10/h6,11H,5,10H2,1-4H3. The molecule has 2 nitrogen and oxygen atoms in total. The highest BCUT2D eigenvalue weighted by Gasteiger charge is 2.47. The summed E-state index contributed by atoms with van der Waals surface area (Å²) in [4.78, 5) is 0. The SMILES string of the molecule is CC1(C)CC(C)(C)C(N)C1=N. The largest absolute Gasteiger partial charge is 0.323 e. The van der Waals surface area contributed by atoms with E-state index in [4.69, 9.17) is 11.1 Å². The van der Waals surface area contributed by atoms with Gasteiger partial charge < -0.3 is 11.1 Å². The van der Waals surface area contributed by atoms with Crippen molar-refractivity contribution >= 4 is 5.71 Å². The van der Waals surface area contributed by atoms with Gasteiger partial charge in [0.05, 0.1) is 0 Å². The van der Waals surface area contributed by atoms with Crippen LogP contribution in [0.2, 0.25) is 0 Å². The lowest BCUT2D eigenvalue weighted by molar-refractivity contribution is 0.295. The van der Waals surface area contributed by atoms with E-state index in [9.17, 15) is 0 Å². The molecule has 0 aromatic carbocycles. The molecule has 0 radical (unpaired) electrons. The van der Waals surface area contributed by atoms with E-state index < -0.39 is 0 Å². The lowest BCUT2D eigenvalue weighted by atomic mass is 9.84.